The van der Waals surface area contributed by atoms with E-state index in [9.17, 15) is 0 Å². The van der Waals surface area contributed by atoms with Crippen LogP contribution in [0.2, 0.25) is 0 Å². The highest BCUT2D eigenvalue weighted by Crippen LogP contribution is 2.36. The Morgan fingerprint density at radius 2 is 0.811 bits per heavy atom. The summed E-state index contributed by atoms with van der Waals surface area (Å²) in [5.41, 5.74) is 11.0. The number of hydrogen-bond donors (Lipinski definition) is 0. The van der Waals surface area contributed by atoms with Gasteiger partial charge < -0.3 is 4.57 Å². The molecule has 1 aromatic heterocycles. The lowest BCUT2D eigenvalue weighted by molar-refractivity contribution is 1.18. The summed E-state index contributed by atoms with van der Waals surface area (Å²) in [5, 5.41) is 2.53. The lowest BCUT2D eigenvalue weighted by Crippen LogP contribution is -1.94. The monoisotopic (exact) mass is 471 g/mol. The van der Waals surface area contributed by atoms with Crippen LogP contribution in [0.15, 0.2) is 152 Å². The largest absolute Gasteiger partial charge is 0.309 e. The molecule has 1 heteroatoms. The summed E-state index contributed by atoms with van der Waals surface area (Å²) >= 11 is 0. The minimum absolute atomic E-state index is 1.17. The second-order valence-electron chi connectivity index (χ2n) is 9.45. The van der Waals surface area contributed by atoms with E-state index in [1.165, 1.54) is 60.9 Å². The quantitative estimate of drug-likeness (QED) is 0.241. The van der Waals surface area contributed by atoms with E-state index in [0.717, 1.165) is 0 Å². The fourth-order valence-electron chi connectivity index (χ4n) is 5.39. The highest BCUT2D eigenvalue weighted by molar-refractivity contribution is 6.10. The number of fused-ring (bicyclic) bond motifs is 3. The highest BCUT2D eigenvalue weighted by Gasteiger charge is 2.14. The summed E-state index contributed by atoms with van der Waals surface area (Å²) in [4.78, 5) is 0. The first-order valence-corrected chi connectivity index (χ1v) is 12.7. The van der Waals surface area contributed by atoms with Gasteiger partial charge in [0.25, 0.3) is 0 Å². The summed E-state index contributed by atoms with van der Waals surface area (Å²) in [7, 11) is 0. The Bertz CT molecular complexity index is 1860. The zero-order chi connectivity index (χ0) is 24.6. The smallest absolute Gasteiger partial charge is 0.0541 e. The number of benzene rings is 6. The van der Waals surface area contributed by atoms with Gasteiger partial charge in [0.1, 0.15) is 0 Å². The van der Waals surface area contributed by atoms with Crippen LogP contribution in [0, 0.1) is 0 Å². The van der Waals surface area contributed by atoms with Gasteiger partial charge in [0, 0.05) is 16.5 Å². The van der Waals surface area contributed by atoms with Gasteiger partial charge in [-0.05, 0) is 69.8 Å². The predicted molar refractivity (Wildman–Crippen MR) is 157 cm³/mol. The molecule has 37 heavy (non-hydrogen) atoms. The van der Waals surface area contributed by atoms with E-state index in [1.807, 2.05) is 0 Å². The topological polar surface area (TPSA) is 4.93 Å². The van der Waals surface area contributed by atoms with Gasteiger partial charge in [-0.15, -0.1) is 0 Å². The average Bonchev–Trinajstić information content (AvgIpc) is 3.32. The van der Waals surface area contributed by atoms with Gasteiger partial charge in [0.05, 0.1) is 11.0 Å². The maximum absolute atomic E-state index is 2.39. The molecule has 7 aromatic rings. The second-order valence-corrected chi connectivity index (χ2v) is 9.45. The first-order valence-electron chi connectivity index (χ1n) is 12.7. The zero-order valence-corrected chi connectivity index (χ0v) is 20.4. The molecule has 0 amide bonds. The Morgan fingerprint density at radius 3 is 1.54 bits per heavy atom. The van der Waals surface area contributed by atoms with Crippen molar-refractivity contribution in [2.45, 2.75) is 0 Å². The van der Waals surface area contributed by atoms with Gasteiger partial charge in [-0.2, -0.15) is 0 Å². The van der Waals surface area contributed by atoms with Gasteiger partial charge in [0.2, 0.25) is 0 Å². The van der Waals surface area contributed by atoms with Crippen LogP contribution in [-0.4, -0.2) is 4.57 Å². The molecule has 1 heterocycles. The van der Waals surface area contributed by atoms with Crippen LogP contribution < -0.4 is 0 Å². The van der Waals surface area contributed by atoms with Crippen LogP contribution >= 0.6 is 0 Å². The summed E-state index contributed by atoms with van der Waals surface area (Å²) in [6.45, 7) is 0. The van der Waals surface area contributed by atoms with Gasteiger partial charge in [-0.1, -0.05) is 115 Å². The molecule has 0 aliphatic rings. The molecule has 6 aromatic carbocycles. The number of nitrogens with zero attached hydrogens (tertiary/aromatic N) is 1. The SMILES string of the molecule is c1ccc(-c2cccc(-c3ccc4c(c3)c3ccccc3n4-c3cccc(-c4ccccc4)c3)c2)cc1. The van der Waals surface area contributed by atoms with Crippen molar-refractivity contribution in [1.29, 1.82) is 0 Å². The third-order valence-electron chi connectivity index (χ3n) is 7.19. The zero-order valence-electron chi connectivity index (χ0n) is 20.4. The number of para-hydroxylation sites is 1. The van der Waals surface area contributed by atoms with Crippen molar-refractivity contribution >= 4 is 21.8 Å². The molecule has 0 saturated carbocycles. The highest BCUT2D eigenvalue weighted by atomic mass is 15.0. The predicted octanol–water partition coefficient (Wildman–Crippen LogP) is 9.78. The van der Waals surface area contributed by atoms with Crippen molar-refractivity contribution in [2.24, 2.45) is 0 Å². The average molecular weight is 472 g/mol. The van der Waals surface area contributed by atoms with Crippen molar-refractivity contribution in [3.63, 3.8) is 0 Å². The van der Waals surface area contributed by atoms with Gasteiger partial charge >= 0.3 is 0 Å². The first kappa shape index (κ1) is 21.4. The third kappa shape index (κ3) is 3.82. The van der Waals surface area contributed by atoms with Crippen LogP contribution in [0.5, 0.6) is 0 Å². The number of rotatable bonds is 4. The Morgan fingerprint density at radius 1 is 0.297 bits per heavy atom. The van der Waals surface area contributed by atoms with Crippen LogP contribution in [0.25, 0.3) is 60.9 Å². The molecule has 0 radical (unpaired) electrons. The second kappa shape index (κ2) is 8.96. The van der Waals surface area contributed by atoms with Gasteiger partial charge in [-0.25, -0.2) is 0 Å². The van der Waals surface area contributed by atoms with E-state index in [-0.39, 0.29) is 0 Å². The molecule has 7 rings (SSSR count). The standard InChI is InChI=1S/C36H25N/c1-3-11-26(12-4-1)28-15-9-16-29(23-28)31-21-22-36-34(25-31)33-19-7-8-20-35(33)37(36)32-18-10-17-30(24-32)27-13-5-2-6-14-27/h1-25H. The third-order valence-corrected chi connectivity index (χ3v) is 7.19. The van der Waals surface area contributed by atoms with Crippen molar-refractivity contribution in [3.05, 3.63) is 152 Å². The molecule has 0 bridgehead atoms. The Hall–Kier alpha value is -4.88. The van der Waals surface area contributed by atoms with Gasteiger partial charge in [0.15, 0.2) is 0 Å². The van der Waals surface area contributed by atoms with E-state index >= 15 is 0 Å². The molecule has 0 aliphatic carbocycles. The first-order chi connectivity index (χ1) is 18.3. The van der Waals surface area contributed by atoms with E-state index < -0.39 is 0 Å². The maximum atomic E-state index is 2.39. The van der Waals surface area contributed by atoms with Crippen molar-refractivity contribution in [1.82, 2.24) is 4.57 Å². The molecule has 0 unspecified atom stereocenters. The number of hydrogen-bond acceptors (Lipinski definition) is 0. The maximum Gasteiger partial charge on any atom is 0.0541 e. The molecule has 0 spiro atoms. The Kier molecular flexibility index (Phi) is 5.19. The van der Waals surface area contributed by atoms with Crippen LogP contribution in [0.3, 0.4) is 0 Å². The van der Waals surface area contributed by atoms with Gasteiger partial charge in [-0.3, -0.25) is 0 Å². The van der Waals surface area contributed by atoms with E-state index in [0.29, 0.717) is 0 Å². The van der Waals surface area contributed by atoms with E-state index in [1.54, 1.807) is 0 Å². The summed E-state index contributed by atoms with van der Waals surface area (Å²) < 4.78 is 2.39. The number of aromatic nitrogens is 1. The molecular formula is C36H25N. The summed E-state index contributed by atoms with van der Waals surface area (Å²) in [6, 6.07) is 54.4. The molecule has 1 nitrogen and oxygen atoms in total. The molecule has 174 valence electrons. The van der Waals surface area contributed by atoms with E-state index in [4.69, 9.17) is 0 Å². The molecule has 0 fully saturated rings. The van der Waals surface area contributed by atoms with Crippen molar-refractivity contribution in [2.75, 3.05) is 0 Å². The Labute approximate surface area is 216 Å². The molecule has 0 saturated heterocycles. The summed E-state index contributed by atoms with van der Waals surface area (Å²) in [6.07, 6.45) is 0. The summed E-state index contributed by atoms with van der Waals surface area (Å²) in [5.74, 6) is 0. The van der Waals surface area contributed by atoms with Crippen LogP contribution in [0.1, 0.15) is 0 Å². The normalized spacial score (nSPS) is 11.2. The van der Waals surface area contributed by atoms with Crippen LogP contribution in [0.4, 0.5) is 0 Å². The van der Waals surface area contributed by atoms with Crippen molar-refractivity contribution in [3.8, 4) is 39.1 Å². The lowest BCUT2D eigenvalue weighted by Gasteiger charge is -2.11. The fourth-order valence-corrected chi connectivity index (χ4v) is 5.39. The Balaban J connectivity index is 1.40. The lowest BCUT2D eigenvalue weighted by atomic mass is 9.98. The van der Waals surface area contributed by atoms with Crippen molar-refractivity contribution < 1.29 is 0 Å². The molecule has 0 N–H and O–H groups in total. The van der Waals surface area contributed by atoms with E-state index in [2.05, 4.69) is 156 Å². The van der Waals surface area contributed by atoms with Crippen LogP contribution in [-0.2, 0) is 0 Å². The molecular weight excluding hydrogens is 446 g/mol. The molecule has 0 aliphatic heterocycles. The fraction of sp³-hybridized carbons (Fsp3) is 0. The molecule has 0 atom stereocenters. The minimum atomic E-state index is 1.17. The minimum Gasteiger partial charge on any atom is -0.309 e.